The molecule has 1 unspecified atom stereocenters. The highest BCUT2D eigenvalue weighted by molar-refractivity contribution is 5.87. The van der Waals surface area contributed by atoms with Gasteiger partial charge >= 0.3 is 5.97 Å². The van der Waals surface area contributed by atoms with Gasteiger partial charge < -0.3 is 10.8 Å². The topological polar surface area (TPSA) is 63.3 Å². The van der Waals surface area contributed by atoms with Gasteiger partial charge in [0, 0.05) is 12.5 Å². The molecule has 0 aliphatic rings. The molecule has 1 atom stereocenters. The highest BCUT2D eigenvalue weighted by Crippen LogP contribution is 2.29. The van der Waals surface area contributed by atoms with E-state index >= 15 is 0 Å². The number of aryl methyl sites for hydroxylation is 1. The molecule has 3 nitrogen and oxygen atoms in total. The van der Waals surface area contributed by atoms with Crippen molar-refractivity contribution in [1.29, 1.82) is 0 Å². The first-order valence-corrected chi connectivity index (χ1v) is 6.55. The van der Waals surface area contributed by atoms with Crippen LogP contribution in [0.2, 0.25) is 0 Å². The van der Waals surface area contributed by atoms with E-state index in [1.54, 1.807) is 0 Å². The third kappa shape index (κ3) is 3.12. The SMILES string of the molecule is Cc1ccc2ccccc2c1C(N)CCCC(=O)O. The zero-order valence-corrected chi connectivity index (χ0v) is 11.1. The molecule has 2 aromatic rings. The van der Waals surface area contributed by atoms with Gasteiger partial charge in [-0.15, -0.1) is 0 Å². The molecule has 0 saturated heterocycles. The molecule has 3 heteroatoms. The third-order valence-electron chi connectivity index (χ3n) is 3.47. The summed E-state index contributed by atoms with van der Waals surface area (Å²) in [5, 5.41) is 11.0. The molecule has 0 aliphatic heterocycles. The molecule has 100 valence electrons. The fourth-order valence-electron chi connectivity index (χ4n) is 2.51. The van der Waals surface area contributed by atoms with Crippen molar-refractivity contribution in [1.82, 2.24) is 0 Å². The predicted molar refractivity (Wildman–Crippen MR) is 77.1 cm³/mol. The summed E-state index contributed by atoms with van der Waals surface area (Å²) in [6.07, 6.45) is 1.48. The number of hydrogen-bond acceptors (Lipinski definition) is 2. The summed E-state index contributed by atoms with van der Waals surface area (Å²) in [7, 11) is 0. The number of carboxylic acid groups (broad SMARTS) is 1. The highest BCUT2D eigenvalue weighted by Gasteiger charge is 2.13. The Bertz CT molecular complexity index is 592. The lowest BCUT2D eigenvalue weighted by atomic mass is 9.92. The van der Waals surface area contributed by atoms with Gasteiger partial charge in [-0.05, 0) is 41.7 Å². The largest absolute Gasteiger partial charge is 0.481 e. The normalized spacial score (nSPS) is 12.5. The Morgan fingerprint density at radius 1 is 1.26 bits per heavy atom. The molecule has 0 saturated carbocycles. The number of hydrogen-bond donors (Lipinski definition) is 2. The van der Waals surface area contributed by atoms with Crippen LogP contribution in [0.4, 0.5) is 0 Å². The van der Waals surface area contributed by atoms with Crippen molar-refractivity contribution < 1.29 is 9.90 Å². The molecule has 0 aromatic heterocycles. The number of carboxylic acids is 1. The minimum Gasteiger partial charge on any atom is -0.481 e. The maximum Gasteiger partial charge on any atom is 0.303 e. The van der Waals surface area contributed by atoms with Crippen LogP contribution in [-0.4, -0.2) is 11.1 Å². The Balaban J connectivity index is 2.27. The second-order valence-corrected chi connectivity index (χ2v) is 4.91. The van der Waals surface area contributed by atoms with E-state index in [0.717, 1.165) is 5.56 Å². The first kappa shape index (κ1) is 13.6. The molecule has 0 spiro atoms. The lowest BCUT2D eigenvalue weighted by Gasteiger charge is -2.17. The van der Waals surface area contributed by atoms with Gasteiger partial charge in [-0.25, -0.2) is 0 Å². The molecule has 0 bridgehead atoms. The summed E-state index contributed by atoms with van der Waals surface area (Å²) < 4.78 is 0. The van der Waals surface area contributed by atoms with E-state index in [1.807, 2.05) is 12.1 Å². The third-order valence-corrected chi connectivity index (χ3v) is 3.47. The van der Waals surface area contributed by atoms with Crippen molar-refractivity contribution in [3.8, 4) is 0 Å². The van der Waals surface area contributed by atoms with Crippen molar-refractivity contribution in [3.05, 3.63) is 47.5 Å². The fraction of sp³-hybridized carbons (Fsp3) is 0.312. The number of nitrogens with two attached hydrogens (primary N) is 1. The molecule has 0 amide bonds. The molecule has 0 radical (unpaired) electrons. The summed E-state index contributed by atoms with van der Waals surface area (Å²) in [6, 6.07) is 12.2. The van der Waals surface area contributed by atoms with Crippen LogP contribution in [0.3, 0.4) is 0 Å². The highest BCUT2D eigenvalue weighted by atomic mass is 16.4. The summed E-state index contributed by atoms with van der Waals surface area (Å²) in [6.45, 7) is 2.05. The second kappa shape index (κ2) is 5.85. The molecule has 2 rings (SSSR count). The average molecular weight is 257 g/mol. The van der Waals surface area contributed by atoms with Crippen LogP contribution in [-0.2, 0) is 4.79 Å². The first-order chi connectivity index (χ1) is 9.09. The van der Waals surface area contributed by atoms with Crippen LogP contribution in [0.25, 0.3) is 10.8 Å². The smallest absolute Gasteiger partial charge is 0.303 e. The molecule has 0 fully saturated rings. The van der Waals surface area contributed by atoms with Crippen molar-refractivity contribution in [3.63, 3.8) is 0 Å². The summed E-state index contributed by atoms with van der Waals surface area (Å²) in [5.41, 5.74) is 8.57. The van der Waals surface area contributed by atoms with Gasteiger partial charge in [-0.1, -0.05) is 36.4 Å². The van der Waals surface area contributed by atoms with Crippen molar-refractivity contribution >= 4 is 16.7 Å². The number of carbonyl (C=O) groups is 1. The Hall–Kier alpha value is -1.87. The van der Waals surface area contributed by atoms with E-state index in [4.69, 9.17) is 10.8 Å². The molecular formula is C16H19NO2. The van der Waals surface area contributed by atoms with Crippen LogP contribution in [0.15, 0.2) is 36.4 Å². The second-order valence-electron chi connectivity index (χ2n) is 4.91. The maximum absolute atomic E-state index is 10.6. The molecule has 3 N–H and O–H groups in total. The first-order valence-electron chi connectivity index (χ1n) is 6.55. The molecule has 0 aliphatic carbocycles. The zero-order chi connectivity index (χ0) is 13.8. The minimum absolute atomic E-state index is 0.106. The quantitative estimate of drug-likeness (QED) is 0.862. The van der Waals surface area contributed by atoms with Gasteiger partial charge in [0.1, 0.15) is 0 Å². The minimum atomic E-state index is -0.762. The van der Waals surface area contributed by atoms with E-state index in [1.165, 1.54) is 16.3 Å². The van der Waals surface area contributed by atoms with Gasteiger partial charge in [0.15, 0.2) is 0 Å². The van der Waals surface area contributed by atoms with E-state index in [2.05, 4.69) is 31.2 Å². The summed E-state index contributed by atoms with van der Waals surface area (Å²) >= 11 is 0. The van der Waals surface area contributed by atoms with Crippen LogP contribution in [0.1, 0.15) is 36.4 Å². The van der Waals surface area contributed by atoms with E-state index in [0.29, 0.717) is 12.8 Å². The number of benzene rings is 2. The van der Waals surface area contributed by atoms with Gasteiger partial charge in [0.2, 0.25) is 0 Å². The fourth-order valence-corrected chi connectivity index (χ4v) is 2.51. The molecule has 2 aromatic carbocycles. The van der Waals surface area contributed by atoms with Gasteiger partial charge in [-0.3, -0.25) is 4.79 Å². The van der Waals surface area contributed by atoms with Crippen molar-refractivity contribution in [2.45, 2.75) is 32.2 Å². The number of rotatable bonds is 5. The van der Waals surface area contributed by atoms with Gasteiger partial charge in [0.05, 0.1) is 0 Å². The zero-order valence-electron chi connectivity index (χ0n) is 11.1. The van der Waals surface area contributed by atoms with E-state index < -0.39 is 5.97 Å². The summed E-state index contributed by atoms with van der Waals surface area (Å²) in [4.78, 5) is 10.6. The lowest BCUT2D eigenvalue weighted by Crippen LogP contribution is -2.13. The average Bonchev–Trinajstić information content (AvgIpc) is 2.38. The van der Waals surface area contributed by atoms with Crippen LogP contribution < -0.4 is 5.73 Å². The maximum atomic E-state index is 10.6. The predicted octanol–water partition coefficient (Wildman–Crippen LogP) is 3.40. The molecular weight excluding hydrogens is 238 g/mol. The Labute approximate surface area is 113 Å². The standard InChI is InChI=1S/C16H19NO2/c1-11-9-10-12-5-2-3-6-13(12)16(11)14(17)7-4-8-15(18)19/h2-3,5-6,9-10,14H,4,7-8,17H2,1H3,(H,18,19). The van der Waals surface area contributed by atoms with Crippen LogP contribution in [0.5, 0.6) is 0 Å². The Morgan fingerprint density at radius 2 is 2.00 bits per heavy atom. The lowest BCUT2D eigenvalue weighted by molar-refractivity contribution is -0.137. The summed E-state index contributed by atoms with van der Waals surface area (Å²) in [5.74, 6) is -0.762. The Kier molecular flexibility index (Phi) is 4.17. The monoisotopic (exact) mass is 257 g/mol. The Morgan fingerprint density at radius 3 is 2.74 bits per heavy atom. The van der Waals surface area contributed by atoms with Gasteiger partial charge in [-0.2, -0.15) is 0 Å². The van der Waals surface area contributed by atoms with E-state index in [-0.39, 0.29) is 12.5 Å². The van der Waals surface area contributed by atoms with Gasteiger partial charge in [0.25, 0.3) is 0 Å². The van der Waals surface area contributed by atoms with Crippen molar-refractivity contribution in [2.24, 2.45) is 5.73 Å². The molecule has 0 heterocycles. The van der Waals surface area contributed by atoms with E-state index in [9.17, 15) is 4.79 Å². The van der Waals surface area contributed by atoms with Crippen LogP contribution in [0, 0.1) is 6.92 Å². The number of aliphatic carboxylic acids is 1. The molecule has 19 heavy (non-hydrogen) atoms. The van der Waals surface area contributed by atoms with Crippen molar-refractivity contribution in [2.75, 3.05) is 0 Å². The number of fused-ring (bicyclic) bond motifs is 1. The van der Waals surface area contributed by atoms with Crippen LogP contribution >= 0.6 is 0 Å².